The number of anilines is 1. The lowest BCUT2D eigenvalue weighted by molar-refractivity contribution is 0.471. The number of fused-ring (bicyclic) bond motifs is 2. The topological polar surface area (TPSA) is 70.0 Å². The van der Waals surface area contributed by atoms with Crippen LogP contribution in [-0.4, -0.2) is 38.5 Å². The average Bonchev–Trinajstić information content (AvgIpc) is 3.20. The van der Waals surface area contributed by atoms with Gasteiger partial charge >= 0.3 is 0 Å². The number of H-pyrrole nitrogens is 1. The fourth-order valence-corrected chi connectivity index (χ4v) is 3.36. The Morgan fingerprint density at radius 1 is 1.25 bits per heavy atom. The first-order chi connectivity index (χ1) is 11.8. The summed E-state index contributed by atoms with van der Waals surface area (Å²) >= 11 is 6.64. The molecule has 6 nitrogen and oxygen atoms in total. The highest BCUT2D eigenvalue weighted by molar-refractivity contribution is 6.32. The second-order valence-corrected chi connectivity index (χ2v) is 6.33. The van der Waals surface area contributed by atoms with Gasteiger partial charge in [0, 0.05) is 48.1 Å². The summed E-state index contributed by atoms with van der Waals surface area (Å²) in [5, 5.41) is 8.37. The lowest BCUT2D eigenvalue weighted by atomic mass is 10.1. The first-order valence-electron chi connectivity index (χ1n) is 7.87. The monoisotopic (exact) mass is 338 g/mol. The lowest BCUT2D eigenvalue weighted by Crippen LogP contribution is -2.51. The molecule has 3 N–H and O–H groups in total. The van der Waals surface area contributed by atoms with Gasteiger partial charge in [0.25, 0.3) is 0 Å². The van der Waals surface area contributed by atoms with Gasteiger partial charge in [0.1, 0.15) is 10.8 Å². The van der Waals surface area contributed by atoms with Crippen molar-refractivity contribution < 1.29 is 0 Å². The third-order valence-corrected chi connectivity index (χ3v) is 4.81. The van der Waals surface area contributed by atoms with Crippen LogP contribution in [0.3, 0.4) is 0 Å². The third kappa shape index (κ3) is 2.00. The van der Waals surface area contributed by atoms with Crippen molar-refractivity contribution in [1.29, 1.82) is 0 Å². The Balaban J connectivity index is 1.74. The van der Waals surface area contributed by atoms with E-state index in [1.165, 1.54) is 0 Å². The predicted molar refractivity (Wildman–Crippen MR) is 95.6 cm³/mol. The van der Waals surface area contributed by atoms with Gasteiger partial charge in [-0.3, -0.25) is 4.40 Å². The maximum Gasteiger partial charge on any atom is 0.181 e. The minimum atomic E-state index is 0.370. The van der Waals surface area contributed by atoms with Gasteiger partial charge in [0.15, 0.2) is 11.5 Å². The molecule has 3 aromatic heterocycles. The van der Waals surface area contributed by atoms with Crippen LogP contribution in [0.4, 0.5) is 5.82 Å². The molecule has 1 aliphatic rings. The van der Waals surface area contributed by atoms with Crippen molar-refractivity contribution in [1.82, 2.24) is 24.7 Å². The maximum atomic E-state index is 6.64. The summed E-state index contributed by atoms with van der Waals surface area (Å²) in [7, 11) is 0. The van der Waals surface area contributed by atoms with Crippen LogP contribution in [0.2, 0.25) is 5.15 Å². The number of hydrogen-bond donors (Lipinski definition) is 3. The molecule has 0 spiro atoms. The molecular formula is C17H15ClN6. The minimum Gasteiger partial charge on any atom is -0.362 e. The zero-order valence-corrected chi connectivity index (χ0v) is 13.5. The zero-order valence-electron chi connectivity index (χ0n) is 12.8. The summed E-state index contributed by atoms with van der Waals surface area (Å²) in [6.07, 6.45) is 5.56. The molecule has 0 radical (unpaired) electrons. The molecule has 0 bridgehead atoms. The summed E-state index contributed by atoms with van der Waals surface area (Å²) in [6.45, 7) is 1.86. The molecule has 0 saturated carbocycles. The normalized spacial score (nSPS) is 15.0. The van der Waals surface area contributed by atoms with Gasteiger partial charge in [-0.15, -0.1) is 0 Å². The Morgan fingerprint density at radius 2 is 2.12 bits per heavy atom. The molecule has 4 heterocycles. The summed E-state index contributed by atoms with van der Waals surface area (Å²) in [5.74, 6) is 0.760. The van der Waals surface area contributed by atoms with E-state index in [2.05, 4.69) is 26.7 Å². The Kier molecular flexibility index (Phi) is 3.01. The molecule has 0 atom stereocenters. The van der Waals surface area contributed by atoms with E-state index in [1.807, 2.05) is 35.0 Å². The van der Waals surface area contributed by atoms with E-state index >= 15 is 0 Å². The van der Waals surface area contributed by atoms with Crippen molar-refractivity contribution in [2.24, 2.45) is 0 Å². The van der Waals surface area contributed by atoms with Crippen LogP contribution in [0.1, 0.15) is 0 Å². The molecule has 0 unspecified atom stereocenters. The van der Waals surface area contributed by atoms with E-state index in [-0.39, 0.29) is 0 Å². The van der Waals surface area contributed by atoms with Crippen LogP contribution < -0.4 is 10.6 Å². The highest BCUT2D eigenvalue weighted by Gasteiger charge is 2.22. The van der Waals surface area contributed by atoms with Gasteiger partial charge in [0.2, 0.25) is 0 Å². The summed E-state index contributed by atoms with van der Waals surface area (Å²) in [4.78, 5) is 12.5. The van der Waals surface area contributed by atoms with Crippen molar-refractivity contribution >= 4 is 34.0 Å². The van der Waals surface area contributed by atoms with Gasteiger partial charge in [-0.05, 0) is 6.07 Å². The maximum absolute atomic E-state index is 6.64. The van der Waals surface area contributed by atoms with E-state index in [0.717, 1.165) is 46.7 Å². The fourth-order valence-electron chi connectivity index (χ4n) is 3.08. The first-order valence-corrected chi connectivity index (χ1v) is 8.25. The summed E-state index contributed by atoms with van der Waals surface area (Å²) in [6, 6.07) is 8.51. The average molecular weight is 339 g/mol. The number of benzene rings is 1. The number of aromatic amines is 1. The van der Waals surface area contributed by atoms with Gasteiger partial charge in [-0.2, -0.15) is 0 Å². The Labute approximate surface area is 142 Å². The molecule has 0 amide bonds. The zero-order chi connectivity index (χ0) is 16.1. The molecular weight excluding hydrogens is 324 g/mol. The van der Waals surface area contributed by atoms with Gasteiger partial charge < -0.3 is 15.6 Å². The number of aromatic nitrogens is 4. The largest absolute Gasteiger partial charge is 0.362 e. The fraction of sp³-hybridized carbons (Fsp3) is 0.176. The number of halogens is 1. The SMILES string of the molecule is Clc1c(-c2c[nH]c3ccccc23)nc(NC2CNC2)c2nccn12. The molecule has 120 valence electrons. The molecule has 24 heavy (non-hydrogen) atoms. The summed E-state index contributed by atoms with van der Waals surface area (Å²) in [5.41, 5.74) is 3.54. The van der Waals surface area contributed by atoms with Crippen molar-refractivity contribution in [2.45, 2.75) is 6.04 Å². The highest BCUT2D eigenvalue weighted by Crippen LogP contribution is 2.34. The van der Waals surface area contributed by atoms with Crippen LogP contribution in [0.5, 0.6) is 0 Å². The van der Waals surface area contributed by atoms with E-state index in [1.54, 1.807) is 6.20 Å². The van der Waals surface area contributed by atoms with Crippen LogP contribution in [0, 0.1) is 0 Å². The van der Waals surface area contributed by atoms with Crippen LogP contribution in [-0.2, 0) is 0 Å². The smallest absolute Gasteiger partial charge is 0.181 e. The van der Waals surface area contributed by atoms with Crippen molar-refractivity contribution in [3.8, 4) is 11.3 Å². The van der Waals surface area contributed by atoms with E-state index < -0.39 is 0 Å². The van der Waals surface area contributed by atoms with E-state index in [9.17, 15) is 0 Å². The van der Waals surface area contributed by atoms with E-state index in [0.29, 0.717) is 11.2 Å². The highest BCUT2D eigenvalue weighted by atomic mass is 35.5. The van der Waals surface area contributed by atoms with Gasteiger partial charge in [-0.1, -0.05) is 29.8 Å². The Hall–Kier alpha value is -2.57. The van der Waals surface area contributed by atoms with Crippen LogP contribution in [0.15, 0.2) is 42.9 Å². The molecule has 0 aliphatic carbocycles. The molecule has 1 fully saturated rings. The van der Waals surface area contributed by atoms with Crippen molar-refractivity contribution in [3.05, 3.63) is 48.0 Å². The third-order valence-electron chi connectivity index (χ3n) is 4.45. The molecule has 4 aromatic rings. The number of para-hydroxylation sites is 1. The Bertz CT molecular complexity index is 1050. The molecule has 1 aliphatic heterocycles. The van der Waals surface area contributed by atoms with Gasteiger partial charge in [-0.25, -0.2) is 9.97 Å². The minimum absolute atomic E-state index is 0.370. The number of imidazole rings is 1. The second kappa shape index (κ2) is 5.22. The number of nitrogens with one attached hydrogen (secondary N) is 3. The molecule has 7 heteroatoms. The van der Waals surface area contributed by atoms with Crippen LogP contribution >= 0.6 is 11.6 Å². The number of hydrogen-bond acceptors (Lipinski definition) is 4. The number of nitrogens with zero attached hydrogens (tertiary/aromatic N) is 3. The molecule has 1 aromatic carbocycles. The predicted octanol–water partition coefficient (Wildman–Crippen LogP) is 2.91. The summed E-state index contributed by atoms with van der Waals surface area (Å²) < 4.78 is 1.88. The van der Waals surface area contributed by atoms with E-state index in [4.69, 9.17) is 16.6 Å². The first kappa shape index (κ1) is 13.8. The van der Waals surface area contributed by atoms with Crippen LogP contribution in [0.25, 0.3) is 27.8 Å². The molecule has 1 saturated heterocycles. The van der Waals surface area contributed by atoms with Crippen molar-refractivity contribution in [2.75, 3.05) is 18.4 Å². The molecule has 5 rings (SSSR count). The Morgan fingerprint density at radius 3 is 2.96 bits per heavy atom. The number of rotatable bonds is 3. The second-order valence-electron chi connectivity index (χ2n) is 5.97. The quantitative estimate of drug-likeness (QED) is 0.537. The lowest BCUT2D eigenvalue weighted by Gasteiger charge is -2.28. The van der Waals surface area contributed by atoms with Crippen molar-refractivity contribution in [3.63, 3.8) is 0 Å². The standard InChI is InChI=1S/C17H15ClN6/c18-15-14(12-9-21-13-4-2-1-3-11(12)13)23-16(22-10-7-19-8-10)17-20-5-6-24(15)17/h1-6,9-10,19,21H,7-8H2,(H,22,23). The van der Waals surface area contributed by atoms with Gasteiger partial charge in [0.05, 0.1) is 6.04 Å².